The van der Waals surface area contributed by atoms with Crippen LogP contribution >= 0.6 is 0 Å². The summed E-state index contributed by atoms with van der Waals surface area (Å²) in [5.41, 5.74) is 7.88. The van der Waals surface area contributed by atoms with Crippen LogP contribution in [0.1, 0.15) is 42.9 Å². The molecule has 17 heavy (non-hydrogen) atoms. The van der Waals surface area contributed by atoms with Gasteiger partial charge in [0.05, 0.1) is 11.4 Å². The van der Waals surface area contributed by atoms with Gasteiger partial charge in [-0.2, -0.15) is 5.10 Å². The number of rotatable bonds is 2. The molecule has 1 saturated heterocycles. The smallest absolute Gasteiger partial charge is 0.274 e. The van der Waals surface area contributed by atoms with Crippen molar-refractivity contribution in [3.8, 4) is 0 Å². The van der Waals surface area contributed by atoms with Crippen LogP contribution in [-0.2, 0) is 13.5 Å². The van der Waals surface area contributed by atoms with Gasteiger partial charge < -0.3 is 10.6 Å². The van der Waals surface area contributed by atoms with Crippen molar-refractivity contribution in [3.63, 3.8) is 0 Å². The highest BCUT2D eigenvalue weighted by Crippen LogP contribution is 2.24. The zero-order valence-corrected chi connectivity index (χ0v) is 10.7. The average molecular weight is 236 g/mol. The molecule has 94 valence electrons. The van der Waals surface area contributed by atoms with Crippen LogP contribution in [0.25, 0.3) is 0 Å². The minimum atomic E-state index is 0.0159. The highest BCUT2D eigenvalue weighted by atomic mass is 16.2. The second-order valence-corrected chi connectivity index (χ2v) is 4.68. The van der Waals surface area contributed by atoms with Crippen LogP contribution in [0.4, 0.5) is 5.69 Å². The Labute approximate surface area is 102 Å². The first-order chi connectivity index (χ1) is 8.06. The Kier molecular flexibility index (Phi) is 3.09. The summed E-state index contributed by atoms with van der Waals surface area (Å²) in [6, 6.07) is 0.307. The first-order valence-corrected chi connectivity index (χ1v) is 6.18. The molecule has 1 unspecified atom stereocenters. The molecule has 1 fully saturated rings. The van der Waals surface area contributed by atoms with Crippen LogP contribution in [0.5, 0.6) is 0 Å². The Morgan fingerprint density at radius 2 is 2.29 bits per heavy atom. The van der Waals surface area contributed by atoms with Gasteiger partial charge in [-0.25, -0.2) is 0 Å². The Morgan fingerprint density at radius 3 is 2.76 bits per heavy atom. The predicted molar refractivity (Wildman–Crippen MR) is 66.7 cm³/mol. The maximum Gasteiger partial charge on any atom is 0.274 e. The van der Waals surface area contributed by atoms with E-state index in [0.29, 0.717) is 17.4 Å². The van der Waals surface area contributed by atoms with Crippen molar-refractivity contribution in [2.45, 2.75) is 39.2 Å². The van der Waals surface area contributed by atoms with Crippen molar-refractivity contribution >= 4 is 11.6 Å². The van der Waals surface area contributed by atoms with Crippen LogP contribution in [0, 0.1) is 0 Å². The van der Waals surface area contributed by atoms with Gasteiger partial charge in [0.25, 0.3) is 5.91 Å². The molecule has 0 saturated carbocycles. The summed E-state index contributed by atoms with van der Waals surface area (Å²) in [4.78, 5) is 14.3. The summed E-state index contributed by atoms with van der Waals surface area (Å²) in [5.74, 6) is 0.0159. The zero-order chi connectivity index (χ0) is 12.6. The van der Waals surface area contributed by atoms with Gasteiger partial charge in [0.2, 0.25) is 0 Å². The zero-order valence-electron chi connectivity index (χ0n) is 10.7. The molecule has 1 aliphatic rings. The normalized spacial score (nSPS) is 19.9. The van der Waals surface area contributed by atoms with E-state index in [0.717, 1.165) is 31.5 Å². The van der Waals surface area contributed by atoms with Gasteiger partial charge in [0.15, 0.2) is 0 Å². The van der Waals surface area contributed by atoms with Crippen LogP contribution in [-0.4, -0.2) is 33.2 Å². The van der Waals surface area contributed by atoms with Gasteiger partial charge in [0, 0.05) is 19.6 Å². The standard InChI is InChI=1S/C12H20N4O/c1-4-9-10(13)11(15(3)14-9)12(17)16-7-5-6-8(16)2/h8H,4-7,13H2,1-3H3. The SMILES string of the molecule is CCc1nn(C)c(C(=O)N2CCCC2C)c1N. The summed E-state index contributed by atoms with van der Waals surface area (Å²) in [6.07, 6.45) is 2.90. The van der Waals surface area contributed by atoms with E-state index in [9.17, 15) is 4.79 Å². The fraction of sp³-hybridized carbons (Fsp3) is 0.667. The molecule has 1 aromatic heterocycles. The van der Waals surface area contributed by atoms with Gasteiger partial charge in [-0.05, 0) is 26.2 Å². The van der Waals surface area contributed by atoms with Crippen molar-refractivity contribution < 1.29 is 4.79 Å². The van der Waals surface area contributed by atoms with Crippen LogP contribution in [0.3, 0.4) is 0 Å². The van der Waals surface area contributed by atoms with Crippen molar-refractivity contribution in [1.29, 1.82) is 0 Å². The lowest BCUT2D eigenvalue weighted by Crippen LogP contribution is -2.35. The van der Waals surface area contributed by atoms with E-state index in [1.165, 1.54) is 0 Å². The van der Waals surface area contributed by atoms with E-state index >= 15 is 0 Å². The molecule has 0 aromatic carbocycles. The minimum absolute atomic E-state index is 0.0159. The van der Waals surface area contributed by atoms with E-state index in [-0.39, 0.29) is 5.91 Å². The third-order valence-electron chi connectivity index (χ3n) is 3.51. The van der Waals surface area contributed by atoms with Crippen LogP contribution in [0.2, 0.25) is 0 Å². The highest BCUT2D eigenvalue weighted by molar-refractivity contribution is 5.98. The van der Waals surface area contributed by atoms with E-state index in [4.69, 9.17) is 5.73 Å². The second-order valence-electron chi connectivity index (χ2n) is 4.68. The first kappa shape index (κ1) is 12.0. The number of nitrogens with zero attached hydrogens (tertiary/aromatic N) is 3. The van der Waals surface area contributed by atoms with Crippen molar-refractivity contribution in [1.82, 2.24) is 14.7 Å². The molecule has 1 atom stereocenters. The molecular formula is C12H20N4O. The quantitative estimate of drug-likeness (QED) is 0.839. The molecule has 2 rings (SSSR count). The maximum absolute atomic E-state index is 12.4. The molecule has 2 N–H and O–H groups in total. The average Bonchev–Trinajstić information content (AvgIpc) is 2.82. The third kappa shape index (κ3) is 1.90. The van der Waals surface area contributed by atoms with E-state index in [1.54, 1.807) is 11.7 Å². The number of aryl methyl sites for hydroxylation is 2. The lowest BCUT2D eigenvalue weighted by molar-refractivity contribution is 0.0737. The molecule has 0 aliphatic carbocycles. The topological polar surface area (TPSA) is 64.2 Å². The number of hydrogen-bond donors (Lipinski definition) is 1. The second kappa shape index (κ2) is 4.39. The molecular weight excluding hydrogens is 216 g/mol. The monoisotopic (exact) mass is 236 g/mol. The fourth-order valence-electron chi connectivity index (χ4n) is 2.48. The van der Waals surface area contributed by atoms with E-state index in [1.807, 2.05) is 11.8 Å². The number of hydrogen-bond acceptors (Lipinski definition) is 3. The number of nitrogens with two attached hydrogens (primary N) is 1. The maximum atomic E-state index is 12.4. The Hall–Kier alpha value is -1.52. The number of carbonyl (C=O) groups excluding carboxylic acids is 1. The summed E-state index contributed by atoms with van der Waals surface area (Å²) >= 11 is 0. The van der Waals surface area contributed by atoms with Gasteiger partial charge in [-0.1, -0.05) is 6.92 Å². The van der Waals surface area contributed by atoms with Gasteiger partial charge in [-0.15, -0.1) is 0 Å². The number of likely N-dealkylation sites (tertiary alicyclic amines) is 1. The predicted octanol–water partition coefficient (Wildman–Crippen LogP) is 1.19. The number of amides is 1. The van der Waals surface area contributed by atoms with Gasteiger partial charge >= 0.3 is 0 Å². The molecule has 1 aromatic rings. The summed E-state index contributed by atoms with van der Waals surface area (Å²) < 4.78 is 1.61. The molecule has 5 heteroatoms. The van der Waals surface area contributed by atoms with Gasteiger partial charge in [0.1, 0.15) is 5.69 Å². The summed E-state index contributed by atoms with van der Waals surface area (Å²) in [5, 5.41) is 4.29. The molecule has 2 heterocycles. The van der Waals surface area contributed by atoms with E-state index in [2.05, 4.69) is 12.0 Å². The van der Waals surface area contributed by atoms with Gasteiger partial charge in [-0.3, -0.25) is 9.48 Å². The van der Waals surface area contributed by atoms with Crippen molar-refractivity contribution in [2.24, 2.45) is 7.05 Å². The van der Waals surface area contributed by atoms with E-state index < -0.39 is 0 Å². The number of nitrogen functional groups attached to an aromatic ring is 1. The Morgan fingerprint density at radius 1 is 1.59 bits per heavy atom. The number of carbonyl (C=O) groups is 1. The molecule has 0 radical (unpaired) electrons. The molecule has 1 aliphatic heterocycles. The van der Waals surface area contributed by atoms with Crippen LogP contribution < -0.4 is 5.73 Å². The van der Waals surface area contributed by atoms with Crippen LogP contribution in [0.15, 0.2) is 0 Å². The summed E-state index contributed by atoms with van der Waals surface area (Å²) in [7, 11) is 1.78. The number of aromatic nitrogens is 2. The Balaban J connectivity index is 2.33. The third-order valence-corrected chi connectivity index (χ3v) is 3.51. The lowest BCUT2D eigenvalue weighted by Gasteiger charge is -2.21. The summed E-state index contributed by atoms with van der Waals surface area (Å²) in [6.45, 7) is 4.90. The van der Waals surface area contributed by atoms with Crippen molar-refractivity contribution in [2.75, 3.05) is 12.3 Å². The lowest BCUT2D eigenvalue weighted by atomic mass is 10.2. The molecule has 1 amide bonds. The fourth-order valence-corrected chi connectivity index (χ4v) is 2.48. The molecule has 0 bridgehead atoms. The first-order valence-electron chi connectivity index (χ1n) is 6.18. The highest BCUT2D eigenvalue weighted by Gasteiger charge is 2.30. The molecule has 5 nitrogen and oxygen atoms in total. The Bertz CT molecular complexity index is 438. The van der Waals surface area contributed by atoms with Crippen molar-refractivity contribution in [3.05, 3.63) is 11.4 Å². The minimum Gasteiger partial charge on any atom is -0.395 e. The number of anilines is 1. The molecule has 0 spiro atoms. The largest absolute Gasteiger partial charge is 0.395 e.